The van der Waals surface area contributed by atoms with E-state index < -0.39 is 0 Å². The number of hydrogen-bond donors (Lipinski definition) is 2. The van der Waals surface area contributed by atoms with E-state index in [2.05, 4.69) is 4.90 Å². The van der Waals surface area contributed by atoms with Crippen LogP contribution in [-0.4, -0.2) is 55.5 Å². The minimum absolute atomic E-state index is 0.350. The molecule has 0 aromatic heterocycles. The molecule has 96 valence electrons. The maximum absolute atomic E-state index is 9.76. The fourth-order valence-corrected chi connectivity index (χ4v) is 2.39. The van der Waals surface area contributed by atoms with Gasteiger partial charge in [-0.2, -0.15) is 0 Å². The number of ether oxygens (including phenoxy) is 1. The highest BCUT2D eigenvalue weighted by Gasteiger charge is 2.20. The summed E-state index contributed by atoms with van der Waals surface area (Å²) in [7, 11) is 0. The van der Waals surface area contributed by atoms with Gasteiger partial charge in [-0.3, -0.25) is 0 Å². The van der Waals surface area contributed by atoms with E-state index in [1.165, 1.54) is 12.8 Å². The molecule has 0 saturated carbocycles. The van der Waals surface area contributed by atoms with Gasteiger partial charge in [-0.25, -0.2) is 0 Å². The van der Waals surface area contributed by atoms with Gasteiger partial charge in [0.05, 0.1) is 12.7 Å². The van der Waals surface area contributed by atoms with Crippen molar-refractivity contribution in [1.29, 1.82) is 0 Å². The normalized spacial score (nSPS) is 24.6. The molecule has 0 spiro atoms. The standard InChI is InChI=1S/C12H26N2O2/c1-2-16-10-12(15)9-14-7-3-4-11(8-14)5-6-13/h11-12,15H,2-10,13H2,1H3. The van der Waals surface area contributed by atoms with Gasteiger partial charge < -0.3 is 20.5 Å². The van der Waals surface area contributed by atoms with E-state index in [0.717, 1.165) is 38.5 Å². The molecule has 0 aromatic rings. The highest BCUT2D eigenvalue weighted by atomic mass is 16.5. The molecule has 0 aromatic carbocycles. The van der Waals surface area contributed by atoms with Crippen LogP contribution in [0.25, 0.3) is 0 Å². The predicted molar refractivity (Wildman–Crippen MR) is 65.3 cm³/mol. The Labute approximate surface area is 98.8 Å². The van der Waals surface area contributed by atoms with Gasteiger partial charge in [0.15, 0.2) is 0 Å². The van der Waals surface area contributed by atoms with Gasteiger partial charge in [0.25, 0.3) is 0 Å². The molecule has 1 aliphatic heterocycles. The van der Waals surface area contributed by atoms with Crippen LogP contribution < -0.4 is 5.73 Å². The van der Waals surface area contributed by atoms with E-state index in [1.807, 2.05) is 6.92 Å². The lowest BCUT2D eigenvalue weighted by molar-refractivity contribution is 0.0126. The Morgan fingerprint density at radius 2 is 2.38 bits per heavy atom. The lowest BCUT2D eigenvalue weighted by Gasteiger charge is -2.33. The van der Waals surface area contributed by atoms with Gasteiger partial charge >= 0.3 is 0 Å². The Morgan fingerprint density at radius 1 is 1.56 bits per heavy atom. The summed E-state index contributed by atoms with van der Waals surface area (Å²) >= 11 is 0. The summed E-state index contributed by atoms with van der Waals surface area (Å²) in [6.07, 6.45) is 3.27. The molecule has 4 nitrogen and oxygen atoms in total. The average molecular weight is 230 g/mol. The van der Waals surface area contributed by atoms with Gasteiger partial charge in [-0.15, -0.1) is 0 Å². The molecule has 1 fully saturated rings. The smallest absolute Gasteiger partial charge is 0.0900 e. The molecule has 4 heteroatoms. The highest BCUT2D eigenvalue weighted by Crippen LogP contribution is 2.18. The van der Waals surface area contributed by atoms with Crippen LogP contribution in [0.15, 0.2) is 0 Å². The molecule has 3 N–H and O–H groups in total. The number of nitrogens with two attached hydrogens (primary N) is 1. The average Bonchev–Trinajstić information content (AvgIpc) is 2.27. The zero-order chi connectivity index (χ0) is 11.8. The molecule has 0 bridgehead atoms. The van der Waals surface area contributed by atoms with Crippen LogP contribution >= 0.6 is 0 Å². The summed E-state index contributed by atoms with van der Waals surface area (Å²) in [6, 6.07) is 0. The lowest BCUT2D eigenvalue weighted by atomic mass is 9.95. The summed E-state index contributed by atoms with van der Waals surface area (Å²) in [4.78, 5) is 2.34. The minimum Gasteiger partial charge on any atom is -0.389 e. The zero-order valence-electron chi connectivity index (χ0n) is 10.4. The molecule has 2 unspecified atom stereocenters. The topological polar surface area (TPSA) is 58.7 Å². The molecular formula is C12H26N2O2. The predicted octanol–water partition coefficient (Wildman–Crippen LogP) is 0.445. The Bertz CT molecular complexity index is 176. The number of likely N-dealkylation sites (tertiary alicyclic amines) is 1. The first-order valence-electron chi connectivity index (χ1n) is 6.44. The Morgan fingerprint density at radius 3 is 3.06 bits per heavy atom. The maximum atomic E-state index is 9.76. The number of aliphatic hydroxyl groups excluding tert-OH is 1. The van der Waals surface area contributed by atoms with E-state index in [4.69, 9.17) is 10.5 Å². The van der Waals surface area contributed by atoms with Crippen molar-refractivity contribution in [2.24, 2.45) is 11.7 Å². The maximum Gasteiger partial charge on any atom is 0.0900 e. The molecule has 0 aliphatic carbocycles. The van der Waals surface area contributed by atoms with Gasteiger partial charge in [0, 0.05) is 19.7 Å². The van der Waals surface area contributed by atoms with Gasteiger partial charge in [-0.1, -0.05) is 0 Å². The van der Waals surface area contributed by atoms with Crippen LogP contribution in [0.5, 0.6) is 0 Å². The monoisotopic (exact) mass is 230 g/mol. The number of β-amino-alcohol motifs (C(OH)–C–C–N with tert-alkyl or cyclic N) is 1. The van der Waals surface area contributed by atoms with Crippen LogP contribution in [0.3, 0.4) is 0 Å². The van der Waals surface area contributed by atoms with Crippen molar-refractivity contribution in [3.63, 3.8) is 0 Å². The summed E-state index contributed by atoms with van der Waals surface area (Å²) in [5.74, 6) is 0.720. The second-order valence-electron chi connectivity index (χ2n) is 4.66. The van der Waals surface area contributed by atoms with Crippen LogP contribution in [0.2, 0.25) is 0 Å². The van der Waals surface area contributed by atoms with Crippen molar-refractivity contribution in [2.75, 3.05) is 39.4 Å². The van der Waals surface area contributed by atoms with Crippen molar-refractivity contribution in [3.05, 3.63) is 0 Å². The molecule has 1 heterocycles. The zero-order valence-corrected chi connectivity index (χ0v) is 10.4. The highest BCUT2D eigenvalue weighted by molar-refractivity contribution is 4.75. The molecule has 0 amide bonds. The van der Waals surface area contributed by atoms with Crippen molar-refractivity contribution in [1.82, 2.24) is 4.90 Å². The number of aliphatic hydroxyl groups is 1. The first-order valence-corrected chi connectivity index (χ1v) is 6.44. The first-order chi connectivity index (χ1) is 7.76. The van der Waals surface area contributed by atoms with Crippen LogP contribution in [0, 0.1) is 5.92 Å². The Hall–Kier alpha value is -0.160. The second kappa shape index (κ2) is 8.01. The van der Waals surface area contributed by atoms with Crippen molar-refractivity contribution >= 4 is 0 Å². The van der Waals surface area contributed by atoms with Crippen LogP contribution in [0.1, 0.15) is 26.2 Å². The molecule has 0 radical (unpaired) electrons. The number of piperidine rings is 1. The molecule has 1 rings (SSSR count). The summed E-state index contributed by atoms with van der Waals surface area (Å²) in [5.41, 5.74) is 5.58. The molecule has 1 saturated heterocycles. The lowest BCUT2D eigenvalue weighted by Crippen LogP contribution is -2.41. The number of nitrogens with zero attached hydrogens (tertiary/aromatic N) is 1. The second-order valence-corrected chi connectivity index (χ2v) is 4.66. The van der Waals surface area contributed by atoms with Crippen molar-refractivity contribution < 1.29 is 9.84 Å². The summed E-state index contributed by atoms with van der Waals surface area (Å²) < 4.78 is 5.21. The number of hydrogen-bond acceptors (Lipinski definition) is 4. The molecular weight excluding hydrogens is 204 g/mol. The largest absolute Gasteiger partial charge is 0.389 e. The summed E-state index contributed by atoms with van der Waals surface area (Å²) in [6.45, 7) is 6.78. The van der Waals surface area contributed by atoms with E-state index in [0.29, 0.717) is 13.2 Å². The third-order valence-corrected chi connectivity index (χ3v) is 3.16. The fourth-order valence-electron chi connectivity index (χ4n) is 2.39. The number of rotatable bonds is 7. The third kappa shape index (κ3) is 5.25. The van der Waals surface area contributed by atoms with E-state index >= 15 is 0 Å². The molecule has 2 atom stereocenters. The fraction of sp³-hybridized carbons (Fsp3) is 1.00. The Balaban J connectivity index is 2.20. The van der Waals surface area contributed by atoms with Gasteiger partial charge in [0.1, 0.15) is 0 Å². The van der Waals surface area contributed by atoms with Crippen molar-refractivity contribution in [3.8, 4) is 0 Å². The molecule has 16 heavy (non-hydrogen) atoms. The van der Waals surface area contributed by atoms with E-state index in [-0.39, 0.29) is 6.10 Å². The third-order valence-electron chi connectivity index (χ3n) is 3.16. The SMILES string of the molecule is CCOCC(O)CN1CCCC(CCN)C1. The first kappa shape index (κ1) is 13.9. The molecule has 1 aliphatic rings. The van der Waals surface area contributed by atoms with E-state index in [1.54, 1.807) is 0 Å². The quantitative estimate of drug-likeness (QED) is 0.666. The Kier molecular flexibility index (Phi) is 6.96. The van der Waals surface area contributed by atoms with Gasteiger partial charge in [0.2, 0.25) is 0 Å². The van der Waals surface area contributed by atoms with E-state index in [9.17, 15) is 5.11 Å². The van der Waals surface area contributed by atoms with Crippen LogP contribution in [0.4, 0.5) is 0 Å². The summed E-state index contributed by atoms with van der Waals surface area (Å²) in [5, 5.41) is 9.76. The van der Waals surface area contributed by atoms with Crippen LogP contribution in [-0.2, 0) is 4.74 Å². The minimum atomic E-state index is -0.350. The van der Waals surface area contributed by atoms with Gasteiger partial charge in [-0.05, 0) is 45.2 Å². The van der Waals surface area contributed by atoms with Crippen molar-refractivity contribution in [2.45, 2.75) is 32.3 Å².